The van der Waals surface area contributed by atoms with Crippen LogP contribution in [0, 0.1) is 0 Å². The Balaban J connectivity index is 2.84. The Morgan fingerprint density at radius 1 is 1.62 bits per heavy atom. The van der Waals surface area contributed by atoms with Gasteiger partial charge >= 0.3 is 5.97 Å². The maximum absolute atomic E-state index is 11.0. The number of carboxylic acid groups (broad SMARTS) is 1. The number of primary amides is 1. The molecule has 0 saturated heterocycles. The van der Waals surface area contributed by atoms with Gasteiger partial charge in [-0.3, -0.25) is 9.48 Å². The Morgan fingerprint density at radius 2 is 2.31 bits per heavy atom. The molecule has 1 aromatic heterocycles. The molecule has 1 unspecified atom stereocenters. The van der Waals surface area contributed by atoms with Gasteiger partial charge in [0.05, 0.1) is 0 Å². The Morgan fingerprint density at radius 3 is 2.75 bits per heavy atom. The van der Waals surface area contributed by atoms with Gasteiger partial charge in [-0.05, 0) is 12.5 Å². The second-order valence-corrected chi connectivity index (χ2v) is 3.54. The van der Waals surface area contributed by atoms with E-state index >= 15 is 0 Å². The molecule has 0 aliphatic heterocycles. The van der Waals surface area contributed by atoms with Crippen molar-refractivity contribution < 1.29 is 14.7 Å². The summed E-state index contributed by atoms with van der Waals surface area (Å²) in [6.07, 6.45) is 3.66. The van der Waals surface area contributed by atoms with Crippen molar-refractivity contribution in [3.8, 4) is 0 Å². The van der Waals surface area contributed by atoms with Crippen LogP contribution >= 0.6 is 0 Å². The Labute approximate surface area is 93.1 Å². The van der Waals surface area contributed by atoms with Crippen LogP contribution in [0.2, 0.25) is 0 Å². The van der Waals surface area contributed by atoms with Crippen molar-refractivity contribution in [1.82, 2.24) is 9.78 Å². The number of carboxylic acids is 1. The van der Waals surface area contributed by atoms with Crippen LogP contribution in [-0.4, -0.2) is 26.8 Å². The van der Waals surface area contributed by atoms with E-state index in [1.54, 1.807) is 0 Å². The monoisotopic (exact) mass is 225 g/mol. The molecule has 0 fully saturated rings. The van der Waals surface area contributed by atoms with E-state index in [9.17, 15) is 9.59 Å². The lowest BCUT2D eigenvalue weighted by atomic mass is 10.1. The normalized spacial score (nSPS) is 12.3. The number of hydrogen-bond acceptors (Lipinski definition) is 3. The molecular weight excluding hydrogens is 210 g/mol. The molecular formula is C10H15N3O3. The minimum absolute atomic E-state index is 0.0859. The van der Waals surface area contributed by atoms with Gasteiger partial charge in [0.1, 0.15) is 11.7 Å². The number of aliphatic carboxylic acids is 1. The smallest absolute Gasteiger partial charge is 0.328 e. The van der Waals surface area contributed by atoms with Crippen molar-refractivity contribution in [2.75, 3.05) is 0 Å². The minimum atomic E-state index is -0.951. The van der Waals surface area contributed by atoms with Crippen LogP contribution in [0.5, 0.6) is 0 Å². The highest BCUT2D eigenvalue weighted by Crippen LogP contribution is 2.15. The molecule has 0 saturated carbocycles. The SMILES string of the molecule is CCCCC(C(=O)O)n1ccc(C(N)=O)n1. The van der Waals surface area contributed by atoms with E-state index in [1.165, 1.54) is 16.9 Å². The van der Waals surface area contributed by atoms with Crippen molar-refractivity contribution >= 4 is 11.9 Å². The topological polar surface area (TPSA) is 98.2 Å². The van der Waals surface area contributed by atoms with Crippen LogP contribution in [0.15, 0.2) is 12.3 Å². The molecule has 6 nitrogen and oxygen atoms in total. The number of hydrogen-bond donors (Lipinski definition) is 2. The largest absolute Gasteiger partial charge is 0.480 e. The molecule has 0 radical (unpaired) electrons. The second-order valence-electron chi connectivity index (χ2n) is 3.54. The number of amides is 1. The number of carbonyl (C=O) groups excluding carboxylic acids is 1. The van der Waals surface area contributed by atoms with Gasteiger partial charge < -0.3 is 10.8 Å². The first-order chi connectivity index (χ1) is 7.56. The summed E-state index contributed by atoms with van der Waals surface area (Å²) >= 11 is 0. The van der Waals surface area contributed by atoms with Crippen LogP contribution in [0.1, 0.15) is 42.7 Å². The minimum Gasteiger partial charge on any atom is -0.480 e. The van der Waals surface area contributed by atoms with E-state index in [0.717, 1.165) is 12.8 Å². The van der Waals surface area contributed by atoms with Gasteiger partial charge in [0, 0.05) is 6.20 Å². The molecule has 0 spiro atoms. The van der Waals surface area contributed by atoms with Gasteiger partial charge in [-0.25, -0.2) is 4.79 Å². The first-order valence-electron chi connectivity index (χ1n) is 5.14. The molecule has 0 aromatic carbocycles. The molecule has 0 aliphatic rings. The highest BCUT2D eigenvalue weighted by Gasteiger charge is 2.20. The molecule has 3 N–H and O–H groups in total. The van der Waals surface area contributed by atoms with Gasteiger partial charge in [-0.15, -0.1) is 0 Å². The highest BCUT2D eigenvalue weighted by atomic mass is 16.4. The van der Waals surface area contributed by atoms with Crippen LogP contribution < -0.4 is 5.73 Å². The lowest BCUT2D eigenvalue weighted by molar-refractivity contribution is -0.141. The molecule has 1 heterocycles. The standard InChI is InChI=1S/C10H15N3O3/c1-2-3-4-8(10(15)16)13-6-5-7(12-13)9(11)14/h5-6,8H,2-4H2,1H3,(H2,11,14)(H,15,16). The summed E-state index contributed by atoms with van der Waals surface area (Å²) in [7, 11) is 0. The summed E-state index contributed by atoms with van der Waals surface area (Å²) < 4.78 is 1.28. The third-order valence-corrected chi connectivity index (χ3v) is 2.30. The van der Waals surface area contributed by atoms with Crippen molar-refractivity contribution in [1.29, 1.82) is 0 Å². The number of unbranched alkanes of at least 4 members (excludes halogenated alkanes) is 1. The number of rotatable bonds is 6. The van der Waals surface area contributed by atoms with Gasteiger partial charge in [0.25, 0.3) is 5.91 Å². The maximum Gasteiger partial charge on any atom is 0.328 e. The van der Waals surface area contributed by atoms with E-state index in [2.05, 4.69) is 5.10 Å². The number of nitrogens with zero attached hydrogens (tertiary/aromatic N) is 2. The van der Waals surface area contributed by atoms with E-state index < -0.39 is 17.9 Å². The van der Waals surface area contributed by atoms with Crippen molar-refractivity contribution in [2.45, 2.75) is 32.2 Å². The number of carbonyl (C=O) groups is 2. The summed E-state index contributed by atoms with van der Waals surface area (Å²) in [4.78, 5) is 21.8. The third-order valence-electron chi connectivity index (χ3n) is 2.30. The van der Waals surface area contributed by atoms with Gasteiger partial charge in [0.2, 0.25) is 0 Å². The zero-order chi connectivity index (χ0) is 12.1. The van der Waals surface area contributed by atoms with E-state index in [1.807, 2.05) is 6.92 Å². The Hall–Kier alpha value is -1.85. The maximum atomic E-state index is 11.0. The molecule has 1 aromatic rings. The average molecular weight is 225 g/mol. The van der Waals surface area contributed by atoms with E-state index in [4.69, 9.17) is 10.8 Å². The summed E-state index contributed by atoms with van der Waals surface area (Å²) in [5, 5.41) is 12.9. The highest BCUT2D eigenvalue weighted by molar-refractivity contribution is 5.90. The number of aromatic nitrogens is 2. The summed E-state index contributed by atoms with van der Waals surface area (Å²) in [5.74, 6) is -1.61. The lowest BCUT2D eigenvalue weighted by Gasteiger charge is -2.11. The molecule has 6 heteroatoms. The summed E-state index contributed by atoms with van der Waals surface area (Å²) in [6.45, 7) is 1.98. The van der Waals surface area contributed by atoms with Crippen molar-refractivity contribution in [2.24, 2.45) is 5.73 Å². The van der Waals surface area contributed by atoms with E-state index in [-0.39, 0.29) is 5.69 Å². The molecule has 1 rings (SSSR count). The van der Waals surface area contributed by atoms with Crippen LogP contribution in [0.3, 0.4) is 0 Å². The lowest BCUT2D eigenvalue weighted by Crippen LogP contribution is -2.21. The van der Waals surface area contributed by atoms with Gasteiger partial charge in [-0.1, -0.05) is 19.8 Å². The summed E-state index contributed by atoms with van der Waals surface area (Å²) in [5.41, 5.74) is 5.13. The molecule has 88 valence electrons. The number of nitrogens with two attached hydrogens (primary N) is 1. The zero-order valence-corrected chi connectivity index (χ0v) is 9.09. The fourth-order valence-electron chi connectivity index (χ4n) is 1.41. The molecule has 0 aliphatic carbocycles. The van der Waals surface area contributed by atoms with Crippen molar-refractivity contribution in [3.05, 3.63) is 18.0 Å². The fraction of sp³-hybridized carbons (Fsp3) is 0.500. The fourth-order valence-corrected chi connectivity index (χ4v) is 1.41. The quantitative estimate of drug-likeness (QED) is 0.748. The van der Waals surface area contributed by atoms with Crippen molar-refractivity contribution in [3.63, 3.8) is 0 Å². The Bertz CT molecular complexity index is 386. The van der Waals surface area contributed by atoms with Crippen LogP contribution in [0.4, 0.5) is 0 Å². The zero-order valence-electron chi connectivity index (χ0n) is 9.09. The molecule has 0 bridgehead atoms. The van der Waals surface area contributed by atoms with Crippen LogP contribution in [-0.2, 0) is 4.79 Å². The molecule has 1 atom stereocenters. The van der Waals surface area contributed by atoms with Gasteiger partial charge in [0.15, 0.2) is 0 Å². The second kappa shape index (κ2) is 5.29. The molecule has 16 heavy (non-hydrogen) atoms. The Kier molecular flexibility index (Phi) is 4.04. The first-order valence-corrected chi connectivity index (χ1v) is 5.14. The summed E-state index contributed by atoms with van der Waals surface area (Å²) in [6, 6.07) is 0.692. The molecule has 1 amide bonds. The van der Waals surface area contributed by atoms with Crippen LogP contribution in [0.25, 0.3) is 0 Å². The average Bonchev–Trinajstić information content (AvgIpc) is 2.67. The first kappa shape index (κ1) is 12.2. The third kappa shape index (κ3) is 2.82. The van der Waals surface area contributed by atoms with Gasteiger partial charge in [-0.2, -0.15) is 5.10 Å². The van der Waals surface area contributed by atoms with E-state index in [0.29, 0.717) is 6.42 Å². The predicted molar refractivity (Wildman–Crippen MR) is 56.9 cm³/mol. The predicted octanol–water partition coefficient (Wildman–Crippen LogP) is 0.798.